The third kappa shape index (κ3) is 4.19. The van der Waals surface area contributed by atoms with Gasteiger partial charge in [-0.1, -0.05) is 12.1 Å². The van der Waals surface area contributed by atoms with Crippen molar-refractivity contribution in [3.8, 4) is 0 Å². The van der Waals surface area contributed by atoms with E-state index >= 15 is 0 Å². The largest absolute Gasteiger partial charge is 0.379 e. The summed E-state index contributed by atoms with van der Waals surface area (Å²) in [5.41, 5.74) is 0.230. The normalized spacial score (nSPS) is 28.9. The number of hydrogen-bond acceptors (Lipinski definition) is 6. The Kier molecular flexibility index (Phi) is 6.26. The van der Waals surface area contributed by atoms with Crippen molar-refractivity contribution in [3.63, 3.8) is 0 Å². The van der Waals surface area contributed by atoms with Crippen molar-refractivity contribution in [2.45, 2.75) is 38.1 Å². The number of nitrogens with zero attached hydrogens (tertiary/aromatic N) is 2. The lowest BCUT2D eigenvalue weighted by molar-refractivity contribution is -0.140. The van der Waals surface area contributed by atoms with Gasteiger partial charge >= 0.3 is 0 Å². The number of para-hydroxylation sites is 1. The maximum Gasteiger partial charge on any atom is 0.258 e. The minimum Gasteiger partial charge on any atom is -0.379 e. The molecule has 3 heterocycles. The van der Waals surface area contributed by atoms with Gasteiger partial charge < -0.3 is 20.4 Å². The van der Waals surface area contributed by atoms with E-state index in [-0.39, 0.29) is 16.9 Å². The summed E-state index contributed by atoms with van der Waals surface area (Å²) in [6.45, 7) is 5.86. The Bertz CT molecular complexity index is 1020. The molecule has 172 valence electrons. The zero-order valence-corrected chi connectivity index (χ0v) is 18.6. The molecule has 1 aliphatic carbocycles. The van der Waals surface area contributed by atoms with E-state index in [9.17, 15) is 9.59 Å². The second-order valence-corrected chi connectivity index (χ2v) is 9.43. The van der Waals surface area contributed by atoms with Gasteiger partial charge in [0.1, 0.15) is 5.82 Å². The molecule has 0 radical (unpaired) electrons. The van der Waals surface area contributed by atoms with E-state index in [2.05, 4.69) is 25.5 Å². The van der Waals surface area contributed by atoms with E-state index in [4.69, 9.17) is 4.74 Å². The molecular weight excluding hydrogens is 406 g/mol. The number of morpholine rings is 1. The lowest BCUT2D eigenvalue weighted by Crippen LogP contribution is -2.60. The fourth-order valence-corrected chi connectivity index (χ4v) is 5.89. The number of carbonyl (C=O) groups is 1. The molecule has 3 fully saturated rings. The Hall–Kier alpha value is -2.29. The maximum atomic E-state index is 13.4. The number of fused-ring (bicyclic) bond motifs is 2. The van der Waals surface area contributed by atoms with Crippen molar-refractivity contribution in [1.29, 1.82) is 0 Å². The van der Waals surface area contributed by atoms with Gasteiger partial charge in [0.2, 0.25) is 5.91 Å². The smallest absolute Gasteiger partial charge is 0.258 e. The fourth-order valence-electron chi connectivity index (χ4n) is 5.89. The van der Waals surface area contributed by atoms with E-state index in [0.29, 0.717) is 41.7 Å². The number of benzene rings is 1. The number of aromatic nitrogens is 2. The van der Waals surface area contributed by atoms with E-state index in [0.717, 1.165) is 65.1 Å². The molecule has 2 aromatic rings. The molecule has 1 aromatic heterocycles. The van der Waals surface area contributed by atoms with Crippen molar-refractivity contribution >= 4 is 16.8 Å². The molecular formula is C24H33N5O3. The van der Waals surface area contributed by atoms with Crippen LogP contribution in [0.25, 0.3) is 10.9 Å². The molecule has 8 nitrogen and oxygen atoms in total. The van der Waals surface area contributed by atoms with Gasteiger partial charge in [-0.25, -0.2) is 4.98 Å². The molecule has 32 heavy (non-hydrogen) atoms. The molecule has 3 N–H and O–H groups in total. The fraction of sp³-hybridized carbons (Fsp3) is 0.625. The van der Waals surface area contributed by atoms with Crippen LogP contribution < -0.4 is 16.2 Å². The number of piperidine rings is 1. The second kappa shape index (κ2) is 9.29. The van der Waals surface area contributed by atoms with Crippen LogP contribution in [0.4, 0.5) is 0 Å². The summed E-state index contributed by atoms with van der Waals surface area (Å²) in [6.07, 6.45) is 4.63. The Labute approximate surface area is 188 Å². The highest BCUT2D eigenvalue weighted by Crippen LogP contribution is 2.46. The van der Waals surface area contributed by atoms with Crippen LogP contribution in [-0.2, 0) is 16.0 Å². The molecule has 0 bridgehead atoms. The number of ether oxygens (including phenoxy) is 1. The Morgan fingerprint density at radius 2 is 2.09 bits per heavy atom. The summed E-state index contributed by atoms with van der Waals surface area (Å²) in [5.74, 6) is 1.17. The van der Waals surface area contributed by atoms with Crippen LogP contribution in [0.2, 0.25) is 0 Å². The Morgan fingerprint density at radius 1 is 1.25 bits per heavy atom. The number of nitrogens with one attached hydrogen (secondary N) is 3. The number of amides is 1. The molecule has 3 atom stereocenters. The van der Waals surface area contributed by atoms with E-state index < -0.39 is 0 Å². The summed E-state index contributed by atoms with van der Waals surface area (Å²) < 4.78 is 5.52. The standard InChI is InChI=1S/C24H33N5O3/c30-22-19-3-1-2-4-20(19)27-21(28-22)7-10-26-23(31)24-8-5-18(29-11-13-32-14-12-29)15-17(24)6-9-25-16-24/h1-4,17-18,25H,5-16H2,(H,26,31)(H,27,28,30)/t17-,18+,24-/m1/s1. The van der Waals surface area contributed by atoms with Gasteiger partial charge in [0, 0.05) is 38.6 Å². The molecule has 0 unspecified atom stereocenters. The molecule has 1 saturated carbocycles. The number of H-pyrrole nitrogens is 1. The number of hydrogen-bond donors (Lipinski definition) is 3. The predicted octanol–water partition coefficient (Wildman–Crippen LogP) is 1.06. The van der Waals surface area contributed by atoms with Crippen molar-refractivity contribution < 1.29 is 9.53 Å². The second-order valence-electron chi connectivity index (χ2n) is 9.43. The average molecular weight is 440 g/mol. The van der Waals surface area contributed by atoms with Gasteiger partial charge in [-0.2, -0.15) is 0 Å². The summed E-state index contributed by atoms with van der Waals surface area (Å²) in [7, 11) is 0. The first kappa shape index (κ1) is 21.6. The van der Waals surface area contributed by atoms with Gasteiger partial charge in [0.05, 0.1) is 29.5 Å². The third-order valence-corrected chi connectivity index (χ3v) is 7.70. The summed E-state index contributed by atoms with van der Waals surface area (Å²) in [5, 5.41) is 7.25. The van der Waals surface area contributed by atoms with Crippen molar-refractivity contribution in [2.75, 3.05) is 45.9 Å². The lowest BCUT2D eigenvalue weighted by Gasteiger charge is -2.50. The summed E-state index contributed by atoms with van der Waals surface area (Å²) in [6, 6.07) is 7.89. The van der Waals surface area contributed by atoms with Gasteiger partial charge in [0.15, 0.2) is 0 Å². The van der Waals surface area contributed by atoms with E-state index in [1.54, 1.807) is 6.07 Å². The molecule has 2 saturated heterocycles. The van der Waals surface area contributed by atoms with E-state index in [1.165, 1.54) is 0 Å². The van der Waals surface area contributed by atoms with Crippen LogP contribution in [0.15, 0.2) is 29.1 Å². The molecule has 1 amide bonds. The van der Waals surface area contributed by atoms with Gasteiger partial charge in [0.25, 0.3) is 5.56 Å². The molecule has 3 aliphatic rings. The highest BCUT2D eigenvalue weighted by molar-refractivity contribution is 5.83. The van der Waals surface area contributed by atoms with Crippen LogP contribution in [-0.4, -0.2) is 72.8 Å². The predicted molar refractivity (Wildman–Crippen MR) is 123 cm³/mol. The Morgan fingerprint density at radius 3 is 2.97 bits per heavy atom. The van der Waals surface area contributed by atoms with Crippen LogP contribution in [0.3, 0.4) is 0 Å². The Balaban J connectivity index is 1.22. The van der Waals surface area contributed by atoms with Crippen LogP contribution >= 0.6 is 0 Å². The average Bonchev–Trinajstić information content (AvgIpc) is 2.84. The first-order chi connectivity index (χ1) is 15.7. The highest BCUT2D eigenvalue weighted by atomic mass is 16.5. The topological polar surface area (TPSA) is 99.3 Å². The molecule has 8 heteroatoms. The van der Waals surface area contributed by atoms with Gasteiger partial charge in [-0.3, -0.25) is 14.5 Å². The molecule has 5 rings (SSSR count). The van der Waals surface area contributed by atoms with E-state index in [1.807, 2.05) is 18.2 Å². The zero-order chi connectivity index (χ0) is 22.0. The van der Waals surface area contributed by atoms with Crippen molar-refractivity contribution in [2.24, 2.45) is 11.3 Å². The summed E-state index contributed by atoms with van der Waals surface area (Å²) in [4.78, 5) is 35.7. The molecule has 2 aliphatic heterocycles. The highest BCUT2D eigenvalue weighted by Gasteiger charge is 2.50. The summed E-state index contributed by atoms with van der Waals surface area (Å²) >= 11 is 0. The number of carbonyl (C=O) groups excluding carboxylic acids is 1. The van der Waals surface area contributed by atoms with Crippen molar-refractivity contribution in [1.82, 2.24) is 25.5 Å². The molecule has 0 spiro atoms. The minimum atomic E-state index is -0.328. The quantitative estimate of drug-likeness (QED) is 0.644. The maximum absolute atomic E-state index is 13.4. The monoisotopic (exact) mass is 439 g/mol. The lowest BCUT2D eigenvalue weighted by atomic mass is 9.61. The van der Waals surface area contributed by atoms with Gasteiger partial charge in [-0.05, 0) is 50.3 Å². The minimum absolute atomic E-state index is 0.131. The molecule has 1 aromatic carbocycles. The third-order valence-electron chi connectivity index (χ3n) is 7.70. The first-order valence-electron chi connectivity index (χ1n) is 11.9. The number of aromatic amines is 1. The first-order valence-corrected chi connectivity index (χ1v) is 11.9. The van der Waals surface area contributed by atoms with Gasteiger partial charge in [-0.15, -0.1) is 0 Å². The van der Waals surface area contributed by atoms with Crippen LogP contribution in [0, 0.1) is 11.3 Å². The number of rotatable bonds is 5. The zero-order valence-electron chi connectivity index (χ0n) is 18.6. The van der Waals surface area contributed by atoms with Crippen LogP contribution in [0.5, 0.6) is 0 Å². The SMILES string of the molecule is O=C(NCCc1nc2ccccc2c(=O)[nH]1)[C@@]12CC[C@H](N3CCOCC3)C[C@H]1CCNC2. The van der Waals surface area contributed by atoms with Crippen LogP contribution in [0.1, 0.15) is 31.5 Å². The van der Waals surface area contributed by atoms with Crippen molar-refractivity contribution in [3.05, 3.63) is 40.4 Å².